The fraction of sp³-hybridized carbons (Fsp3) is 0.545. The molecule has 57 nitrogen and oxygen atoms in total. The van der Waals surface area contributed by atoms with E-state index in [1.165, 1.54) is 68.9 Å². The lowest BCUT2D eigenvalue weighted by atomic mass is 9.97. The molecule has 26 N–H and O–H groups in total. The van der Waals surface area contributed by atoms with Gasteiger partial charge in [0.1, 0.15) is 146 Å². The Morgan fingerprint density at radius 3 is 1.00 bits per heavy atom. The van der Waals surface area contributed by atoms with Gasteiger partial charge in [0, 0.05) is 17.8 Å². The summed E-state index contributed by atoms with van der Waals surface area (Å²) in [7, 11) is 0. The number of nitrogen functional groups attached to an aromatic ring is 4. The number of nitrogens with zero attached hydrogens (tertiary/aromatic N) is 27. The van der Waals surface area contributed by atoms with E-state index in [-0.39, 0.29) is 62.7 Å². The van der Waals surface area contributed by atoms with Crippen molar-refractivity contribution in [2.45, 2.75) is 111 Å². The first-order valence-corrected chi connectivity index (χ1v) is 33.2. The van der Waals surface area contributed by atoms with Crippen LogP contribution in [0.2, 0.25) is 0 Å². The summed E-state index contributed by atoms with van der Waals surface area (Å²) < 4.78 is 62.0. The fourth-order valence-corrected chi connectivity index (χ4v) is 13.4. The standard InChI is InChI=1S/C11H13FN8O4.C11H14FN8O3.C11H14N8O4.C11H15N8O3.C11H13N7O4/c12-1-4-6(22)11(2-21,18-19-14)24-9(4)20-3-15-5-7(20)16-10(13)17-8(5)23;12-1-5-7(22)11(2-21,18-19-14)23-10(5)20-4-17-6-8(13)15-3-16-9(6)20;1-4-6(21)11(2-20,17-18-13)23-9(4)19-3-14-5-7(19)15-10(12)16-8(5)22;1-5-7(21)11(2-20,17-18-13)22-10(5)19-4-16-6-8(12)14-3-15-9(6)19;1-5-7(20)11(2-19,16-17-12)22-10(5)18-4-15-6-8(18)13-3-14-9(6)21/h3-4,6,9,14,21-22H,1-2H2,(H2-,13,16,17,23);3-5,7,10,14,21-22H,1-2H2,(H2,13,15,16);3-4,6,9,13,20-21H,2H2,1H3,(H2-,12,15,16,22);3-5,7,10,13,20-21H,2H2,1H3,(H2,12,14,15);3-5,7,10,12,19-20H,2H2,1H3/q;+1;;+1;/p+3/t4-,6-,9+,11+;5-,7-,10+,11+;4-,6-,9+,11+;2*5-,7-,10+,11+/m00000/s1. The molecule has 10 aromatic heterocycles. The molecule has 10 aromatic rings. The molecule has 5 aliphatic heterocycles. The normalized spacial score (nSPS) is 30.6. The molecule has 0 aliphatic carbocycles. The van der Waals surface area contributed by atoms with Crippen molar-refractivity contribution in [2.75, 3.05) is 69.3 Å². The average Bonchev–Trinajstić information content (AvgIpc) is 1.63. The van der Waals surface area contributed by atoms with Gasteiger partial charge in [0.2, 0.25) is 36.5 Å². The smallest absolute Gasteiger partial charge is 0.293 e. The molecule has 5 aliphatic rings. The molecule has 0 radical (unpaired) electrons. The summed E-state index contributed by atoms with van der Waals surface area (Å²) in [5.74, 6) is -3.63. The lowest BCUT2D eigenvalue weighted by Gasteiger charge is -2.18. The highest BCUT2D eigenvalue weighted by molar-refractivity contribution is 5.82. The lowest BCUT2D eigenvalue weighted by Crippen LogP contribution is -2.43. The maximum atomic E-state index is 13.5. The van der Waals surface area contributed by atoms with Crippen LogP contribution in [0.15, 0.2) is 90.6 Å². The summed E-state index contributed by atoms with van der Waals surface area (Å²) in [5, 5.41) is 116. The number of halogens is 2. The number of fused-ring (bicyclic) bond motifs is 5. The Labute approximate surface area is 628 Å². The van der Waals surface area contributed by atoms with Crippen molar-refractivity contribution in [2.24, 2.45) is 55.2 Å². The predicted octanol–water partition coefficient (Wildman–Crippen LogP) is -5.94. The van der Waals surface area contributed by atoms with Crippen LogP contribution in [0, 0.1) is 57.2 Å². The predicted molar refractivity (Wildman–Crippen MR) is 365 cm³/mol. The van der Waals surface area contributed by atoms with E-state index in [2.05, 4.69) is 125 Å². The van der Waals surface area contributed by atoms with Gasteiger partial charge in [0.25, 0.3) is 45.3 Å². The number of aromatic nitrogens is 20. The second-order valence-electron chi connectivity index (χ2n) is 25.8. The third-order valence-electron chi connectivity index (χ3n) is 19.3. The van der Waals surface area contributed by atoms with E-state index in [0.29, 0.717) is 16.7 Å². The van der Waals surface area contributed by atoms with Crippen LogP contribution in [-0.4, -0.2) is 254 Å². The zero-order chi connectivity index (χ0) is 82.7. The number of H-pyrrole nitrogens is 3. The number of aliphatic hydroxyl groups is 10. The molecular weight excluding hydrogens is 1530 g/mol. The molecule has 0 aromatic carbocycles. The first-order valence-electron chi connectivity index (χ1n) is 33.2. The van der Waals surface area contributed by atoms with Crippen LogP contribution < -0.4 is 64.2 Å². The van der Waals surface area contributed by atoms with Crippen LogP contribution in [0.1, 0.15) is 51.9 Å². The number of aliphatic hydroxyl groups excluding tert-OH is 10. The van der Waals surface area contributed by atoms with Crippen LogP contribution >= 0.6 is 0 Å². The number of imidazole rings is 5. The number of nitrogens with two attached hydrogens (primary N) is 4. The molecule has 20 atom stereocenters. The van der Waals surface area contributed by atoms with Crippen molar-refractivity contribution in [3.63, 3.8) is 0 Å². The van der Waals surface area contributed by atoms with Crippen LogP contribution in [0.4, 0.5) is 32.3 Å². The van der Waals surface area contributed by atoms with Gasteiger partial charge >= 0.3 is 0 Å². The highest BCUT2D eigenvalue weighted by Gasteiger charge is 2.63. The maximum absolute atomic E-state index is 13.5. The Kier molecular flexibility index (Phi) is 23.7. The summed E-state index contributed by atoms with van der Waals surface area (Å²) in [6.45, 7) is -0.428. The summed E-state index contributed by atoms with van der Waals surface area (Å²) in [6, 6.07) is 0. The molecule has 0 spiro atoms. The SMILES string of the molecule is C[C@@H]1[C@H](n2cnc3c(=O)[nH]c(N)nc32)O[C@@](CO)(N=[N+]=N)[C@H]1O.C[C@@H]1[C@H](n2cnc3c(=O)[nH]cnc32)O[C@@](CO)(N=[N+]=N)[C@H]1O.C[C@@H]1[C@H](n2cnc3c(N)ncnc32)O[C@@](CO)(N=[N+]=N)[C@H]1O.N=[N+]=N[C@]1(CO)O[C@@H](n2cnc3c(=O)[nH]c(N)nc32)[C@@H](CF)[C@@H]1O.N=[N+]=N[C@]1(CO)O[C@@H](n2cnc3c(N)ncnc32)[C@@H](CF)[C@@H]1O. The average molecular weight is 1610 g/mol. The van der Waals surface area contributed by atoms with E-state index >= 15 is 0 Å². The number of alkyl halides is 2. The summed E-state index contributed by atoms with van der Waals surface area (Å²) in [4.78, 5) is 104. The minimum atomic E-state index is -1.99. The first kappa shape index (κ1) is 82.1. The van der Waals surface area contributed by atoms with Gasteiger partial charge < -0.3 is 103 Å². The highest BCUT2D eigenvalue weighted by atomic mass is 19.1. The van der Waals surface area contributed by atoms with E-state index in [1.54, 1.807) is 25.3 Å². The van der Waals surface area contributed by atoms with E-state index < -0.39 is 183 Å². The molecule has 59 heteroatoms. The molecule has 0 bridgehead atoms. The molecule has 5 fully saturated rings. The van der Waals surface area contributed by atoms with Crippen molar-refractivity contribution in [3.05, 3.63) is 81.7 Å². The molecule has 0 unspecified atom stereocenters. The second kappa shape index (κ2) is 32.8. The van der Waals surface area contributed by atoms with Crippen molar-refractivity contribution in [1.29, 1.82) is 27.7 Å². The van der Waals surface area contributed by atoms with Gasteiger partial charge in [-0.15, -0.1) is 0 Å². The minimum Gasteiger partial charge on any atom is -0.391 e. The topological polar surface area (TPSA) is 882 Å². The summed E-state index contributed by atoms with van der Waals surface area (Å²) in [6.07, 6.45) is -0.784. The molecule has 0 amide bonds. The van der Waals surface area contributed by atoms with Crippen LogP contribution in [0.3, 0.4) is 0 Å². The number of nitrogens with one attached hydrogen (secondary N) is 8. The minimum absolute atomic E-state index is 0.0171. The Morgan fingerprint density at radius 2 is 0.684 bits per heavy atom. The molecule has 5 saturated heterocycles. The third-order valence-corrected chi connectivity index (χ3v) is 19.3. The highest BCUT2D eigenvalue weighted by Crippen LogP contribution is 2.48. The van der Waals surface area contributed by atoms with Gasteiger partial charge in [-0.25, -0.2) is 49.8 Å². The number of hydrogen-bond donors (Lipinski definition) is 22. The summed E-state index contributed by atoms with van der Waals surface area (Å²) in [5.41, 5.74) is 48.1. The zero-order valence-electron chi connectivity index (χ0n) is 59.1. The monoisotopic (exact) mass is 1600 g/mol. The Morgan fingerprint density at radius 1 is 0.412 bits per heavy atom. The molecular formula is C55H72F2N39O18+5. The zero-order valence-corrected chi connectivity index (χ0v) is 59.1. The largest absolute Gasteiger partial charge is 0.391 e. The Bertz CT molecular complexity index is 5660. The number of rotatable bonds is 17. The molecule has 114 heavy (non-hydrogen) atoms. The molecule has 604 valence electrons. The molecule has 15 heterocycles. The number of ether oxygens (including phenoxy) is 5. The maximum Gasteiger partial charge on any atom is 0.293 e. The van der Waals surface area contributed by atoms with Crippen molar-refractivity contribution >= 4 is 79.4 Å². The van der Waals surface area contributed by atoms with Gasteiger partial charge in [-0.1, -0.05) is 20.8 Å². The number of anilines is 4. The van der Waals surface area contributed by atoms with E-state index in [4.69, 9.17) is 74.3 Å². The van der Waals surface area contributed by atoms with Gasteiger partial charge in [-0.2, -0.15) is 9.97 Å². The van der Waals surface area contributed by atoms with Crippen LogP contribution in [-0.2, 0) is 23.7 Å². The molecule has 15 rings (SSSR count). The van der Waals surface area contributed by atoms with Gasteiger partial charge in [-0.05, 0) is 0 Å². The van der Waals surface area contributed by atoms with Crippen molar-refractivity contribution in [1.82, 2.24) is 122 Å². The Hall–Kier alpha value is -12.8. The number of hydrogen-bond acceptors (Lipinski definition) is 44. The Balaban J connectivity index is 0.000000141. The van der Waals surface area contributed by atoms with E-state index in [9.17, 15) is 74.2 Å². The van der Waals surface area contributed by atoms with Crippen LogP contribution in [0.25, 0.3) is 55.8 Å². The number of aromatic amines is 3. The van der Waals surface area contributed by atoms with Crippen LogP contribution in [0.5, 0.6) is 0 Å². The van der Waals surface area contributed by atoms with Crippen molar-refractivity contribution < 1.29 is 83.5 Å². The lowest BCUT2D eigenvalue weighted by molar-refractivity contribution is -0.126. The quantitative estimate of drug-likeness (QED) is 0.0298. The van der Waals surface area contributed by atoms with Crippen molar-refractivity contribution in [3.8, 4) is 0 Å². The fourth-order valence-electron chi connectivity index (χ4n) is 13.4. The third kappa shape index (κ3) is 14.1. The summed E-state index contributed by atoms with van der Waals surface area (Å²) >= 11 is 0. The van der Waals surface area contributed by atoms with E-state index in [1.807, 2.05) is 0 Å². The molecule has 0 saturated carbocycles. The second-order valence-corrected chi connectivity index (χ2v) is 25.8. The van der Waals surface area contributed by atoms with E-state index in [0.717, 1.165) is 0 Å². The first-order chi connectivity index (χ1) is 54.5. The van der Waals surface area contributed by atoms with Gasteiger partial charge in [0.05, 0.1) is 63.1 Å². The van der Waals surface area contributed by atoms with Gasteiger partial charge in [0.15, 0.2) is 82.0 Å². The van der Waals surface area contributed by atoms with Gasteiger partial charge in [-0.3, -0.25) is 56.0 Å².